The normalized spacial score (nSPS) is 12.0. The van der Waals surface area contributed by atoms with E-state index < -0.39 is 5.60 Å². The van der Waals surface area contributed by atoms with E-state index in [0.717, 1.165) is 0 Å². The van der Waals surface area contributed by atoms with E-state index >= 15 is 0 Å². The van der Waals surface area contributed by atoms with Crippen molar-refractivity contribution in [2.45, 2.75) is 32.3 Å². The lowest BCUT2D eigenvalue weighted by Crippen LogP contribution is -2.33. The second kappa shape index (κ2) is 5.52. The Balaban J connectivity index is 3.51. The molecule has 2 N–H and O–H groups in total. The Morgan fingerprint density at radius 2 is 1.82 bits per heavy atom. The summed E-state index contributed by atoms with van der Waals surface area (Å²) < 4.78 is 5.03. The summed E-state index contributed by atoms with van der Waals surface area (Å²) in [5.74, 6) is 0. The lowest BCUT2D eigenvalue weighted by atomic mass is 9.99. The molecule has 3 heteroatoms. The van der Waals surface area contributed by atoms with E-state index in [4.69, 9.17) is 9.84 Å². The summed E-state index contributed by atoms with van der Waals surface area (Å²) in [6.45, 7) is 4.49. The van der Waals surface area contributed by atoms with E-state index in [1.807, 2.05) is 13.8 Å². The van der Waals surface area contributed by atoms with E-state index in [-0.39, 0.29) is 6.61 Å². The lowest BCUT2D eigenvalue weighted by molar-refractivity contribution is -0.0568. The van der Waals surface area contributed by atoms with Gasteiger partial charge in [-0.2, -0.15) is 0 Å². The first-order valence-electron chi connectivity index (χ1n) is 4.09. The topological polar surface area (TPSA) is 49.7 Å². The standard InChI is InChI=1S/C8H18O3/c1-3-8(10,4-2)7-11-6-5-9/h9-10H,3-7H2,1-2H3. The fourth-order valence-electron chi connectivity index (χ4n) is 0.781. The van der Waals surface area contributed by atoms with Crippen molar-refractivity contribution in [2.75, 3.05) is 19.8 Å². The number of hydrogen-bond acceptors (Lipinski definition) is 3. The first-order chi connectivity index (χ1) is 5.18. The minimum Gasteiger partial charge on any atom is -0.394 e. The van der Waals surface area contributed by atoms with Crippen molar-refractivity contribution < 1.29 is 14.9 Å². The van der Waals surface area contributed by atoms with Gasteiger partial charge in [-0.05, 0) is 12.8 Å². The average molecular weight is 162 g/mol. The number of aliphatic hydroxyl groups is 2. The Labute approximate surface area is 68.0 Å². The molecular formula is C8H18O3. The Morgan fingerprint density at radius 3 is 2.18 bits per heavy atom. The molecule has 0 rings (SSSR count). The molecule has 0 saturated heterocycles. The fraction of sp³-hybridized carbons (Fsp3) is 1.00. The van der Waals surface area contributed by atoms with Crippen molar-refractivity contribution in [1.82, 2.24) is 0 Å². The summed E-state index contributed by atoms with van der Waals surface area (Å²) in [7, 11) is 0. The van der Waals surface area contributed by atoms with Crippen LogP contribution in [0.1, 0.15) is 26.7 Å². The highest BCUT2D eigenvalue weighted by Crippen LogP contribution is 2.14. The summed E-state index contributed by atoms with van der Waals surface area (Å²) in [6.07, 6.45) is 1.38. The molecule has 11 heavy (non-hydrogen) atoms. The van der Waals surface area contributed by atoms with Gasteiger partial charge in [-0.1, -0.05) is 13.8 Å². The fourth-order valence-corrected chi connectivity index (χ4v) is 0.781. The molecule has 0 atom stereocenters. The number of rotatable bonds is 6. The van der Waals surface area contributed by atoms with Crippen LogP contribution in [0.2, 0.25) is 0 Å². The van der Waals surface area contributed by atoms with Crippen molar-refractivity contribution in [3.8, 4) is 0 Å². The van der Waals surface area contributed by atoms with Crippen molar-refractivity contribution in [1.29, 1.82) is 0 Å². The van der Waals surface area contributed by atoms with Gasteiger partial charge in [-0.25, -0.2) is 0 Å². The van der Waals surface area contributed by atoms with E-state index in [0.29, 0.717) is 26.1 Å². The van der Waals surface area contributed by atoms with Gasteiger partial charge < -0.3 is 14.9 Å². The molecule has 0 fully saturated rings. The molecule has 0 radical (unpaired) electrons. The molecule has 0 saturated carbocycles. The van der Waals surface area contributed by atoms with Gasteiger partial charge in [-0.3, -0.25) is 0 Å². The zero-order valence-electron chi connectivity index (χ0n) is 7.34. The van der Waals surface area contributed by atoms with E-state index in [1.54, 1.807) is 0 Å². The number of hydrogen-bond donors (Lipinski definition) is 2. The van der Waals surface area contributed by atoms with Crippen LogP contribution in [0.5, 0.6) is 0 Å². The highest BCUT2D eigenvalue weighted by molar-refractivity contribution is 4.73. The van der Waals surface area contributed by atoms with E-state index in [2.05, 4.69) is 0 Å². The van der Waals surface area contributed by atoms with Gasteiger partial charge in [-0.15, -0.1) is 0 Å². The van der Waals surface area contributed by atoms with Gasteiger partial charge in [0.05, 0.1) is 25.4 Å². The quantitative estimate of drug-likeness (QED) is 0.561. The predicted octanol–water partition coefficient (Wildman–Crippen LogP) is 0.546. The van der Waals surface area contributed by atoms with Gasteiger partial charge in [0.2, 0.25) is 0 Å². The summed E-state index contributed by atoms with van der Waals surface area (Å²) in [4.78, 5) is 0. The Hall–Kier alpha value is -0.120. The molecule has 0 aliphatic rings. The summed E-state index contributed by atoms with van der Waals surface area (Å²) in [5, 5.41) is 18.1. The third-order valence-electron chi connectivity index (χ3n) is 1.92. The molecule has 0 aromatic heterocycles. The van der Waals surface area contributed by atoms with Crippen LogP contribution < -0.4 is 0 Å². The van der Waals surface area contributed by atoms with Crippen molar-refractivity contribution in [3.05, 3.63) is 0 Å². The van der Waals surface area contributed by atoms with Crippen molar-refractivity contribution >= 4 is 0 Å². The zero-order chi connectivity index (χ0) is 8.74. The van der Waals surface area contributed by atoms with Crippen LogP contribution in [0.3, 0.4) is 0 Å². The monoisotopic (exact) mass is 162 g/mol. The lowest BCUT2D eigenvalue weighted by Gasteiger charge is -2.24. The maximum atomic E-state index is 9.65. The summed E-state index contributed by atoms with van der Waals surface area (Å²) in [6, 6.07) is 0. The number of aliphatic hydroxyl groups excluding tert-OH is 1. The first-order valence-corrected chi connectivity index (χ1v) is 4.09. The van der Waals surface area contributed by atoms with Gasteiger partial charge >= 0.3 is 0 Å². The van der Waals surface area contributed by atoms with Crippen LogP contribution in [0.4, 0.5) is 0 Å². The van der Waals surface area contributed by atoms with Gasteiger partial charge in [0.25, 0.3) is 0 Å². The smallest absolute Gasteiger partial charge is 0.0874 e. The SMILES string of the molecule is CCC(O)(CC)COCCO. The van der Waals surface area contributed by atoms with Gasteiger partial charge in [0.15, 0.2) is 0 Å². The van der Waals surface area contributed by atoms with Crippen LogP contribution in [-0.4, -0.2) is 35.6 Å². The second-order valence-electron chi connectivity index (χ2n) is 2.71. The minimum atomic E-state index is -0.699. The predicted molar refractivity (Wildman–Crippen MR) is 43.4 cm³/mol. The molecule has 3 nitrogen and oxygen atoms in total. The average Bonchev–Trinajstić information content (AvgIpc) is 2.05. The molecule has 0 bridgehead atoms. The first kappa shape index (κ1) is 10.9. The van der Waals surface area contributed by atoms with E-state index in [1.165, 1.54) is 0 Å². The molecule has 0 aliphatic carbocycles. The Kier molecular flexibility index (Phi) is 5.46. The molecule has 0 heterocycles. The maximum absolute atomic E-state index is 9.65. The second-order valence-corrected chi connectivity index (χ2v) is 2.71. The zero-order valence-corrected chi connectivity index (χ0v) is 7.34. The molecule has 0 aromatic rings. The van der Waals surface area contributed by atoms with Crippen LogP contribution in [0.25, 0.3) is 0 Å². The van der Waals surface area contributed by atoms with Crippen molar-refractivity contribution in [2.24, 2.45) is 0 Å². The Bertz CT molecular complexity index is 89.3. The highest BCUT2D eigenvalue weighted by Gasteiger charge is 2.21. The highest BCUT2D eigenvalue weighted by atomic mass is 16.5. The van der Waals surface area contributed by atoms with Gasteiger partial charge in [0, 0.05) is 0 Å². The summed E-state index contributed by atoms with van der Waals surface area (Å²) in [5.41, 5.74) is -0.699. The molecule has 0 spiro atoms. The molecular weight excluding hydrogens is 144 g/mol. The van der Waals surface area contributed by atoms with Crippen molar-refractivity contribution in [3.63, 3.8) is 0 Å². The van der Waals surface area contributed by atoms with E-state index in [9.17, 15) is 5.11 Å². The third kappa shape index (κ3) is 4.35. The van der Waals surface area contributed by atoms with Crippen LogP contribution >= 0.6 is 0 Å². The molecule has 68 valence electrons. The summed E-state index contributed by atoms with van der Waals surface area (Å²) >= 11 is 0. The maximum Gasteiger partial charge on any atom is 0.0874 e. The van der Waals surface area contributed by atoms with Crippen LogP contribution in [0, 0.1) is 0 Å². The van der Waals surface area contributed by atoms with Gasteiger partial charge in [0.1, 0.15) is 0 Å². The Morgan fingerprint density at radius 1 is 1.27 bits per heavy atom. The molecule has 0 unspecified atom stereocenters. The molecule has 0 aromatic carbocycles. The number of ether oxygens (including phenoxy) is 1. The van der Waals surface area contributed by atoms with Crippen LogP contribution in [0.15, 0.2) is 0 Å². The molecule has 0 amide bonds. The molecule has 0 aliphatic heterocycles. The largest absolute Gasteiger partial charge is 0.394 e. The third-order valence-corrected chi connectivity index (χ3v) is 1.92. The minimum absolute atomic E-state index is 0.0174. The van der Waals surface area contributed by atoms with Crippen LogP contribution in [-0.2, 0) is 4.74 Å².